The van der Waals surface area contributed by atoms with Crippen molar-refractivity contribution in [2.75, 3.05) is 24.5 Å². The number of aromatic nitrogens is 1. The number of rotatable bonds is 1. The summed E-state index contributed by atoms with van der Waals surface area (Å²) in [5.74, 6) is 0.886. The summed E-state index contributed by atoms with van der Waals surface area (Å²) in [7, 11) is 0. The van der Waals surface area contributed by atoms with E-state index in [0.29, 0.717) is 11.2 Å². The molecule has 0 spiro atoms. The third-order valence-electron chi connectivity index (χ3n) is 3.75. The number of piperidine rings is 1. The number of nitrogens with one attached hydrogen (secondary N) is 1. The van der Waals surface area contributed by atoms with Crippen molar-refractivity contribution in [3.8, 4) is 0 Å². The van der Waals surface area contributed by atoms with Gasteiger partial charge in [0.25, 0.3) is 0 Å². The molecule has 2 saturated heterocycles. The molecule has 2 aliphatic heterocycles. The third kappa shape index (κ3) is 1.89. The fraction of sp³-hybridized carbons (Fsp3) is 0.583. The minimum absolute atomic E-state index is 0.567. The Labute approximate surface area is 101 Å². The first-order valence-electron chi connectivity index (χ1n) is 5.93. The molecule has 0 aliphatic carbocycles. The van der Waals surface area contributed by atoms with Crippen LogP contribution in [0.5, 0.6) is 0 Å². The van der Waals surface area contributed by atoms with Gasteiger partial charge in [-0.3, -0.25) is 0 Å². The molecule has 1 aromatic rings. The fourth-order valence-corrected chi connectivity index (χ4v) is 2.93. The Bertz CT molecular complexity index is 365. The highest BCUT2D eigenvalue weighted by molar-refractivity contribution is 6.29. The zero-order valence-electron chi connectivity index (χ0n) is 9.19. The van der Waals surface area contributed by atoms with E-state index < -0.39 is 0 Å². The number of pyridine rings is 1. The standard InChI is InChI=1S/C12H16ClN3/c13-12-2-1-10(7-15-12)16-6-4-9-3-5-14-11(9)8-16/h1-2,7,9,11,14H,3-6,8H2/t9-,11+/m1/s1. The van der Waals surface area contributed by atoms with Crippen LogP contribution in [0.25, 0.3) is 0 Å². The van der Waals surface area contributed by atoms with Crippen molar-refractivity contribution in [2.24, 2.45) is 5.92 Å². The minimum atomic E-state index is 0.567. The van der Waals surface area contributed by atoms with Crippen LogP contribution in [0, 0.1) is 5.92 Å². The summed E-state index contributed by atoms with van der Waals surface area (Å²) in [5.41, 5.74) is 1.19. The van der Waals surface area contributed by atoms with E-state index in [1.807, 2.05) is 12.3 Å². The largest absolute Gasteiger partial charge is 0.369 e. The Morgan fingerprint density at radius 2 is 2.31 bits per heavy atom. The van der Waals surface area contributed by atoms with Crippen LogP contribution in [-0.2, 0) is 0 Å². The maximum absolute atomic E-state index is 5.80. The Hall–Kier alpha value is -0.800. The van der Waals surface area contributed by atoms with Crippen LogP contribution >= 0.6 is 11.6 Å². The van der Waals surface area contributed by atoms with Crippen molar-refractivity contribution >= 4 is 17.3 Å². The van der Waals surface area contributed by atoms with Crippen molar-refractivity contribution < 1.29 is 0 Å². The lowest BCUT2D eigenvalue weighted by Crippen LogP contribution is -2.46. The molecule has 3 rings (SSSR count). The molecule has 4 heteroatoms. The van der Waals surface area contributed by atoms with Crippen LogP contribution in [0.4, 0.5) is 5.69 Å². The lowest BCUT2D eigenvalue weighted by molar-refractivity contribution is 0.373. The first-order chi connectivity index (χ1) is 7.83. The monoisotopic (exact) mass is 237 g/mol. The molecule has 0 saturated carbocycles. The number of hydrogen-bond acceptors (Lipinski definition) is 3. The van der Waals surface area contributed by atoms with E-state index in [1.165, 1.54) is 25.1 Å². The number of halogens is 1. The van der Waals surface area contributed by atoms with Gasteiger partial charge >= 0.3 is 0 Å². The van der Waals surface area contributed by atoms with Crippen molar-refractivity contribution in [1.29, 1.82) is 0 Å². The van der Waals surface area contributed by atoms with E-state index in [1.54, 1.807) is 0 Å². The van der Waals surface area contributed by atoms with Gasteiger partial charge in [0.15, 0.2) is 0 Å². The smallest absolute Gasteiger partial charge is 0.129 e. The fourth-order valence-electron chi connectivity index (χ4n) is 2.82. The predicted octanol–water partition coefficient (Wildman–Crippen LogP) is 1.92. The van der Waals surface area contributed by atoms with E-state index in [9.17, 15) is 0 Å². The Morgan fingerprint density at radius 1 is 1.38 bits per heavy atom. The second-order valence-corrected chi connectivity index (χ2v) is 5.07. The van der Waals surface area contributed by atoms with Crippen LogP contribution < -0.4 is 10.2 Å². The van der Waals surface area contributed by atoms with Gasteiger partial charge in [0.1, 0.15) is 5.15 Å². The summed E-state index contributed by atoms with van der Waals surface area (Å²) in [5, 5.41) is 4.15. The number of nitrogens with zero attached hydrogens (tertiary/aromatic N) is 2. The summed E-state index contributed by atoms with van der Waals surface area (Å²) < 4.78 is 0. The van der Waals surface area contributed by atoms with Crippen LogP contribution in [0.1, 0.15) is 12.8 Å². The van der Waals surface area contributed by atoms with E-state index in [-0.39, 0.29) is 0 Å². The predicted molar refractivity (Wildman–Crippen MR) is 66.0 cm³/mol. The van der Waals surface area contributed by atoms with Gasteiger partial charge in [0, 0.05) is 19.1 Å². The van der Waals surface area contributed by atoms with E-state index in [0.717, 1.165) is 19.0 Å². The lowest BCUT2D eigenvalue weighted by atomic mass is 9.92. The molecule has 0 radical (unpaired) electrons. The molecule has 1 aromatic heterocycles. The molecule has 16 heavy (non-hydrogen) atoms. The van der Waals surface area contributed by atoms with Gasteiger partial charge in [-0.1, -0.05) is 11.6 Å². The highest BCUT2D eigenvalue weighted by Crippen LogP contribution is 2.28. The molecule has 2 aliphatic rings. The number of anilines is 1. The van der Waals surface area contributed by atoms with Crippen molar-refractivity contribution in [3.05, 3.63) is 23.5 Å². The highest BCUT2D eigenvalue weighted by atomic mass is 35.5. The molecule has 0 bridgehead atoms. The summed E-state index contributed by atoms with van der Waals surface area (Å²) in [6.07, 6.45) is 4.51. The van der Waals surface area contributed by atoms with Crippen LogP contribution in [-0.4, -0.2) is 30.7 Å². The molecule has 0 aromatic carbocycles. The Balaban J connectivity index is 1.74. The van der Waals surface area contributed by atoms with Gasteiger partial charge in [-0.2, -0.15) is 0 Å². The number of hydrogen-bond donors (Lipinski definition) is 1. The van der Waals surface area contributed by atoms with E-state index in [4.69, 9.17) is 11.6 Å². The second-order valence-electron chi connectivity index (χ2n) is 4.68. The highest BCUT2D eigenvalue weighted by Gasteiger charge is 2.32. The van der Waals surface area contributed by atoms with E-state index >= 15 is 0 Å². The van der Waals surface area contributed by atoms with Gasteiger partial charge in [0.2, 0.25) is 0 Å². The maximum atomic E-state index is 5.80. The molecule has 1 N–H and O–H groups in total. The summed E-state index contributed by atoms with van der Waals surface area (Å²) in [6.45, 7) is 3.43. The number of fused-ring (bicyclic) bond motifs is 1. The molecule has 2 fully saturated rings. The molecule has 3 heterocycles. The molecule has 0 unspecified atom stereocenters. The Kier molecular flexibility index (Phi) is 2.74. The summed E-state index contributed by atoms with van der Waals surface area (Å²) >= 11 is 5.80. The lowest BCUT2D eigenvalue weighted by Gasteiger charge is -2.36. The van der Waals surface area contributed by atoms with Crippen LogP contribution in [0.15, 0.2) is 18.3 Å². The van der Waals surface area contributed by atoms with Crippen molar-refractivity contribution in [1.82, 2.24) is 10.3 Å². The quantitative estimate of drug-likeness (QED) is 0.757. The molecule has 2 atom stereocenters. The van der Waals surface area contributed by atoms with E-state index in [2.05, 4.69) is 21.3 Å². The third-order valence-corrected chi connectivity index (χ3v) is 3.98. The first-order valence-corrected chi connectivity index (χ1v) is 6.30. The van der Waals surface area contributed by atoms with Gasteiger partial charge < -0.3 is 10.2 Å². The Morgan fingerprint density at radius 3 is 3.12 bits per heavy atom. The average Bonchev–Trinajstić information content (AvgIpc) is 2.77. The van der Waals surface area contributed by atoms with Gasteiger partial charge in [-0.05, 0) is 37.4 Å². The molecular weight excluding hydrogens is 222 g/mol. The SMILES string of the molecule is Clc1ccc(N2CC[C@H]3CCN[C@H]3C2)cn1. The average molecular weight is 238 g/mol. The normalized spacial score (nSPS) is 29.2. The zero-order chi connectivity index (χ0) is 11.0. The molecule has 3 nitrogen and oxygen atoms in total. The van der Waals surface area contributed by atoms with Crippen LogP contribution in [0.3, 0.4) is 0 Å². The first kappa shape index (κ1) is 10.4. The van der Waals surface area contributed by atoms with Gasteiger partial charge in [-0.25, -0.2) is 4.98 Å². The summed E-state index contributed by atoms with van der Waals surface area (Å²) in [6, 6.07) is 4.60. The molecule has 0 amide bonds. The second kappa shape index (κ2) is 4.22. The van der Waals surface area contributed by atoms with Gasteiger partial charge in [0.05, 0.1) is 11.9 Å². The minimum Gasteiger partial charge on any atom is -0.369 e. The zero-order valence-corrected chi connectivity index (χ0v) is 9.95. The van der Waals surface area contributed by atoms with Crippen LogP contribution in [0.2, 0.25) is 5.15 Å². The van der Waals surface area contributed by atoms with Crippen molar-refractivity contribution in [3.63, 3.8) is 0 Å². The molecular formula is C12H16ClN3. The van der Waals surface area contributed by atoms with Gasteiger partial charge in [-0.15, -0.1) is 0 Å². The topological polar surface area (TPSA) is 28.2 Å². The maximum Gasteiger partial charge on any atom is 0.129 e. The molecule has 86 valence electrons. The van der Waals surface area contributed by atoms with Crippen molar-refractivity contribution in [2.45, 2.75) is 18.9 Å². The summed E-state index contributed by atoms with van der Waals surface area (Å²) in [4.78, 5) is 6.55.